The highest BCUT2D eigenvalue weighted by Crippen LogP contribution is 2.23. The van der Waals surface area contributed by atoms with Crippen LogP contribution < -0.4 is 5.32 Å². The van der Waals surface area contributed by atoms with Crippen LogP contribution in [0.25, 0.3) is 0 Å². The van der Waals surface area contributed by atoms with Gasteiger partial charge in [0.1, 0.15) is 0 Å². The molecular weight excluding hydrogens is 355 g/mol. The zero-order valence-corrected chi connectivity index (χ0v) is 12.8. The Hall–Kier alpha value is -2.52. The first-order valence-electron chi connectivity index (χ1n) is 5.13. The lowest BCUT2D eigenvalue weighted by molar-refractivity contribution is 0.502. The summed E-state index contributed by atoms with van der Waals surface area (Å²) in [5, 5.41) is 31.0. The predicted molar refractivity (Wildman–Crippen MR) is 79.7 cm³/mol. The molecule has 8 nitrogen and oxygen atoms in total. The molecule has 0 saturated carbocycles. The smallest absolute Gasteiger partial charge is 0.283 e. The summed E-state index contributed by atoms with van der Waals surface area (Å²) in [6.45, 7) is 0. The van der Waals surface area contributed by atoms with Crippen molar-refractivity contribution in [2.75, 3.05) is 5.32 Å². The van der Waals surface area contributed by atoms with Gasteiger partial charge in [-0.3, -0.25) is 0 Å². The largest absolute Gasteiger partial charge is 0.443 e. The molecule has 11 heteroatoms. The summed E-state index contributed by atoms with van der Waals surface area (Å²) in [5.74, 6) is 0.248. The Bertz CT molecular complexity index is 654. The second-order valence-corrected chi connectivity index (χ2v) is 4.09. The van der Waals surface area contributed by atoms with Crippen molar-refractivity contribution in [3.63, 3.8) is 0 Å². The van der Waals surface area contributed by atoms with E-state index in [0.29, 0.717) is 10.7 Å². The number of benzene rings is 1. The number of aliphatic hydroxyl groups excluding tert-OH is 2. The van der Waals surface area contributed by atoms with Gasteiger partial charge in [-0.2, -0.15) is 25.5 Å². The van der Waals surface area contributed by atoms with Crippen molar-refractivity contribution in [2.24, 2.45) is 0 Å². The highest BCUT2D eigenvalue weighted by molar-refractivity contribution is 6.33. The van der Waals surface area contributed by atoms with Crippen molar-refractivity contribution in [3.05, 3.63) is 39.9 Å². The summed E-state index contributed by atoms with van der Waals surface area (Å²) in [6.07, 6.45) is 1.50. The Morgan fingerprint density at radius 2 is 1.36 bits per heavy atom. The third-order valence-corrected chi connectivity index (χ3v) is 2.37. The van der Waals surface area contributed by atoms with Gasteiger partial charge in [0.05, 0.1) is 10.7 Å². The van der Waals surface area contributed by atoms with Gasteiger partial charge in [0.15, 0.2) is 0 Å². The normalized spacial score (nSPS) is 8.05. The Balaban J connectivity index is 0.000000639. The number of hydrogen-bond donors (Lipinski definition) is 3. The molecule has 22 heavy (non-hydrogen) atoms. The minimum atomic E-state index is 0.0227. The number of anilines is 2. The highest BCUT2D eigenvalue weighted by Gasteiger charge is 2.05. The van der Waals surface area contributed by atoms with E-state index in [-0.39, 0.29) is 16.5 Å². The summed E-state index contributed by atoms with van der Waals surface area (Å²) in [7, 11) is 0. The highest BCUT2D eigenvalue weighted by atomic mass is 35.5. The topological polar surface area (TPSA) is 139 Å². The number of nitrogens with zero attached hydrogens (tertiary/aromatic N) is 5. The van der Waals surface area contributed by atoms with E-state index in [2.05, 4.69) is 20.3 Å². The van der Waals surface area contributed by atoms with Crippen LogP contribution in [0.3, 0.4) is 0 Å². The van der Waals surface area contributed by atoms with E-state index < -0.39 is 0 Å². The van der Waals surface area contributed by atoms with Crippen molar-refractivity contribution in [3.8, 4) is 12.5 Å². The molecule has 0 atom stereocenters. The number of aromatic nitrogens is 3. The molecule has 1 aromatic carbocycles. The second-order valence-electron chi connectivity index (χ2n) is 3.00. The lowest BCUT2D eigenvalue weighted by Crippen LogP contribution is -1.99. The number of para-hydroxylation sites is 1. The minimum Gasteiger partial charge on any atom is -0.443 e. The van der Waals surface area contributed by atoms with Crippen molar-refractivity contribution < 1.29 is 10.2 Å². The molecule has 0 unspecified atom stereocenters. The van der Waals surface area contributed by atoms with Crippen LogP contribution in [-0.2, 0) is 0 Å². The van der Waals surface area contributed by atoms with Crippen molar-refractivity contribution in [1.29, 1.82) is 10.5 Å². The molecule has 1 aromatic heterocycles. The van der Waals surface area contributed by atoms with E-state index in [1.807, 2.05) is 12.1 Å². The summed E-state index contributed by atoms with van der Waals surface area (Å²) < 4.78 is 0. The van der Waals surface area contributed by atoms with Gasteiger partial charge in [0.25, 0.3) is 12.5 Å². The van der Waals surface area contributed by atoms with Crippen molar-refractivity contribution in [1.82, 2.24) is 15.0 Å². The average molecular weight is 362 g/mol. The van der Waals surface area contributed by atoms with E-state index >= 15 is 0 Å². The van der Waals surface area contributed by atoms with Gasteiger partial charge in [-0.15, -0.1) is 0 Å². The summed E-state index contributed by atoms with van der Waals surface area (Å²) in [4.78, 5) is 11.4. The van der Waals surface area contributed by atoms with Gasteiger partial charge >= 0.3 is 0 Å². The van der Waals surface area contributed by atoms with Crippen LogP contribution in [0, 0.1) is 23.0 Å². The number of aliphatic hydroxyl groups is 2. The molecule has 1 heterocycles. The first kappa shape index (κ1) is 19.5. The number of nitriles is 2. The van der Waals surface area contributed by atoms with Gasteiger partial charge in [-0.25, -0.2) is 0 Å². The maximum atomic E-state index is 6.88. The second kappa shape index (κ2) is 11.2. The molecule has 0 spiro atoms. The standard InChI is InChI=1S/C9H5Cl3N4.2CHNO/c10-5-3-1-2-4-6(5)13-9-15-7(11)14-8(12)16-9;2*2-1-3/h1-4H,(H,13,14,15,16);2*3H. The van der Waals surface area contributed by atoms with Gasteiger partial charge in [0, 0.05) is 0 Å². The summed E-state index contributed by atoms with van der Waals surface area (Å²) in [5.41, 5.74) is 0.669. The lowest BCUT2D eigenvalue weighted by Gasteiger charge is -2.06. The Kier molecular flexibility index (Phi) is 9.89. The van der Waals surface area contributed by atoms with E-state index in [1.54, 1.807) is 12.1 Å². The molecule has 0 aliphatic carbocycles. The summed E-state index contributed by atoms with van der Waals surface area (Å²) >= 11 is 17.2. The molecule has 0 aliphatic rings. The Labute approximate surface area is 140 Å². The van der Waals surface area contributed by atoms with Gasteiger partial charge in [0.2, 0.25) is 16.5 Å². The zero-order chi connectivity index (χ0) is 17.0. The van der Waals surface area contributed by atoms with Crippen LogP contribution in [-0.4, -0.2) is 25.2 Å². The molecule has 0 radical (unpaired) electrons. The molecule has 3 N–H and O–H groups in total. The van der Waals surface area contributed by atoms with Gasteiger partial charge < -0.3 is 15.5 Å². The predicted octanol–water partition coefficient (Wildman–Crippen LogP) is 3.26. The maximum absolute atomic E-state index is 6.88. The van der Waals surface area contributed by atoms with Gasteiger partial charge in [-0.1, -0.05) is 23.7 Å². The quantitative estimate of drug-likeness (QED) is 0.693. The maximum Gasteiger partial charge on any atom is 0.283 e. The van der Waals surface area contributed by atoms with Crippen LogP contribution in [0.5, 0.6) is 0 Å². The molecule has 2 aromatic rings. The number of nitrogens with one attached hydrogen (secondary N) is 1. The lowest BCUT2D eigenvalue weighted by atomic mass is 10.3. The van der Waals surface area contributed by atoms with Crippen LogP contribution in [0.4, 0.5) is 11.6 Å². The molecule has 114 valence electrons. The third-order valence-electron chi connectivity index (χ3n) is 1.70. The fourth-order valence-corrected chi connectivity index (χ4v) is 1.61. The third kappa shape index (κ3) is 7.92. The van der Waals surface area contributed by atoms with Crippen molar-refractivity contribution >= 4 is 46.4 Å². The van der Waals surface area contributed by atoms with E-state index in [9.17, 15) is 0 Å². The minimum absolute atomic E-state index is 0.0227. The van der Waals surface area contributed by atoms with E-state index in [0.717, 1.165) is 12.5 Å². The average Bonchev–Trinajstić information content (AvgIpc) is 2.42. The van der Waals surface area contributed by atoms with E-state index in [4.69, 9.17) is 55.5 Å². The first-order valence-corrected chi connectivity index (χ1v) is 6.26. The number of halogens is 3. The zero-order valence-electron chi connectivity index (χ0n) is 10.6. The monoisotopic (exact) mass is 360 g/mol. The molecule has 0 bridgehead atoms. The fraction of sp³-hybridized carbons (Fsp3) is 0. The Morgan fingerprint density at radius 1 is 0.909 bits per heavy atom. The van der Waals surface area contributed by atoms with Crippen LogP contribution in [0.1, 0.15) is 0 Å². The van der Waals surface area contributed by atoms with Gasteiger partial charge in [-0.05, 0) is 35.3 Å². The molecule has 0 saturated heterocycles. The summed E-state index contributed by atoms with van der Waals surface area (Å²) in [6, 6.07) is 7.18. The molecule has 2 rings (SSSR count). The van der Waals surface area contributed by atoms with Crippen molar-refractivity contribution in [2.45, 2.75) is 0 Å². The van der Waals surface area contributed by atoms with Crippen LogP contribution in [0.2, 0.25) is 15.6 Å². The molecular formula is C11H7Cl3N6O2. The molecule has 0 aliphatic heterocycles. The van der Waals surface area contributed by atoms with Crippen LogP contribution >= 0.6 is 34.8 Å². The molecule has 0 amide bonds. The van der Waals surface area contributed by atoms with Crippen LogP contribution in [0.15, 0.2) is 24.3 Å². The Morgan fingerprint density at radius 3 is 1.82 bits per heavy atom. The number of hydrogen-bond acceptors (Lipinski definition) is 8. The fourth-order valence-electron chi connectivity index (χ4n) is 1.06. The molecule has 0 fully saturated rings. The number of rotatable bonds is 2. The SMILES string of the molecule is Clc1nc(Cl)nc(Nc2ccccc2Cl)n1.N#CO.N#CO. The first-order chi connectivity index (χ1) is 10.5. The van der Waals surface area contributed by atoms with E-state index in [1.165, 1.54) is 0 Å².